The van der Waals surface area contributed by atoms with Crippen LogP contribution in [0.15, 0.2) is 60.8 Å². The van der Waals surface area contributed by atoms with Gasteiger partial charge in [0.25, 0.3) is 0 Å². The third-order valence-corrected chi connectivity index (χ3v) is 6.28. The fourth-order valence-corrected chi connectivity index (χ4v) is 3.78. The van der Waals surface area contributed by atoms with E-state index in [4.69, 9.17) is 13.8 Å². The SMILES string of the molecule is CC/C=C/C/C=C/C/C=C/C/C=C/C/C=C/CCCCCC(=O)OC[C@@H](O)COP(=O)(O)OCC[N+](C)(C)C. The molecular formula is C30H53NO7P+. The van der Waals surface area contributed by atoms with E-state index in [9.17, 15) is 19.4 Å². The molecule has 0 saturated heterocycles. The molecule has 0 fully saturated rings. The quantitative estimate of drug-likeness (QED) is 0.0453. The van der Waals surface area contributed by atoms with Gasteiger partial charge in [-0.1, -0.05) is 74.1 Å². The van der Waals surface area contributed by atoms with Crippen molar-refractivity contribution in [3.8, 4) is 0 Å². The summed E-state index contributed by atoms with van der Waals surface area (Å²) in [6.07, 6.45) is 29.4. The molecular weight excluding hydrogens is 517 g/mol. The van der Waals surface area contributed by atoms with E-state index in [-0.39, 0.29) is 19.6 Å². The Bertz CT molecular complexity index is 813. The van der Waals surface area contributed by atoms with Gasteiger partial charge in [-0.3, -0.25) is 13.8 Å². The van der Waals surface area contributed by atoms with Gasteiger partial charge in [-0.25, -0.2) is 4.57 Å². The van der Waals surface area contributed by atoms with Crippen molar-refractivity contribution in [2.75, 3.05) is 47.5 Å². The van der Waals surface area contributed by atoms with Crippen molar-refractivity contribution in [1.29, 1.82) is 0 Å². The molecule has 1 unspecified atom stereocenters. The van der Waals surface area contributed by atoms with E-state index in [1.165, 1.54) is 0 Å². The van der Waals surface area contributed by atoms with E-state index in [0.717, 1.165) is 51.4 Å². The first-order valence-electron chi connectivity index (χ1n) is 14.1. The maximum Gasteiger partial charge on any atom is 0.472 e. The number of hydrogen-bond donors (Lipinski definition) is 2. The van der Waals surface area contributed by atoms with Gasteiger partial charge in [0.1, 0.15) is 25.9 Å². The van der Waals surface area contributed by atoms with Crippen molar-refractivity contribution in [2.45, 2.75) is 77.2 Å². The molecule has 224 valence electrons. The molecule has 2 N–H and O–H groups in total. The number of carbonyl (C=O) groups excluding carboxylic acids is 1. The van der Waals surface area contributed by atoms with E-state index in [0.29, 0.717) is 17.4 Å². The molecule has 0 aromatic carbocycles. The summed E-state index contributed by atoms with van der Waals surface area (Å²) in [5, 5.41) is 9.84. The molecule has 2 atom stereocenters. The average molecular weight is 571 g/mol. The van der Waals surface area contributed by atoms with Crippen molar-refractivity contribution in [2.24, 2.45) is 0 Å². The van der Waals surface area contributed by atoms with Gasteiger partial charge in [0.15, 0.2) is 0 Å². The van der Waals surface area contributed by atoms with Crippen LogP contribution in [-0.2, 0) is 23.1 Å². The van der Waals surface area contributed by atoms with Gasteiger partial charge in [0.05, 0.1) is 27.7 Å². The smallest absolute Gasteiger partial charge is 0.463 e. The molecule has 0 aliphatic carbocycles. The van der Waals surface area contributed by atoms with E-state index < -0.39 is 26.5 Å². The second-order valence-corrected chi connectivity index (χ2v) is 11.7. The zero-order valence-corrected chi connectivity index (χ0v) is 25.5. The highest BCUT2D eigenvalue weighted by molar-refractivity contribution is 7.47. The van der Waals surface area contributed by atoms with Gasteiger partial charge in [-0.2, -0.15) is 0 Å². The highest BCUT2D eigenvalue weighted by atomic mass is 31.2. The van der Waals surface area contributed by atoms with Crippen LogP contribution in [0.5, 0.6) is 0 Å². The topological polar surface area (TPSA) is 102 Å². The summed E-state index contributed by atoms with van der Waals surface area (Å²) in [5.41, 5.74) is 0. The molecule has 39 heavy (non-hydrogen) atoms. The second kappa shape index (κ2) is 24.0. The lowest BCUT2D eigenvalue weighted by Crippen LogP contribution is -2.37. The maximum absolute atomic E-state index is 11.8. The first-order chi connectivity index (χ1) is 18.6. The van der Waals surface area contributed by atoms with Crippen LogP contribution in [0, 0.1) is 0 Å². The molecule has 9 heteroatoms. The highest BCUT2D eigenvalue weighted by Gasteiger charge is 2.24. The van der Waals surface area contributed by atoms with Crippen molar-refractivity contribution in [3.05, 3.63) is 60.8 Å². The fraction of sp³-hybridized carbons (Fsp3) is 0.633. The van der Waals surface area contributed by atoms with E-state index in [1.807, 2.05) is 21.1 Å². The Morgan fingerprint density at radius 1 is 0.795 bits per heavy atom. The number of phosphoric acid groups is 1. The van der Waals surface area contributed by atoms with Crippen molar-refractivity contribution < 1.29 is 37.6 Å². The minimum Gasteiger partial charge on any atom is -0.463 e. The molecule has 0 radical (unpaired) electrons. The van der Waals surface area contributed by atoms with Gasteiger partial charge in [-0.15, -0.1) is 0 Å². The van der Waals surface area contributed by atoms with Crippen LogP contribution >= 0.6 is 7.82 Å². The van der Waals surface area contributed by atoms with E-state index in [2.05, 4.69) is 67.7 Å². The van der Waals surface area contributed by atoms with Crippen LogP contribution in [0.2, 0.25) is 0 Å². The molecule has 8 nitrogen and oxygen atoms in total. The average Bonchev–Trinajstić information content (AvgIpc) is 2.86. The predicted molar refractivity (Wildman–Crippen MR) is 159 cm³/mol. The standard InChI is InChI=1S/C30H52NO7P/c1-5-6-7-8-9-10-11-12-13-14-15-16-17-18-19-20-21-22-23-24-30(33)36-27-29(32)28-38-39(34,35)37-26-25-31(2,3)4/h6-7,9-10,12-13,15-16,18-19,29,32H,5,8,11,14,17,20-28H2,1-4H3/p+1/b7-6+,10-9+,13-12+,16-15+,19-18+/t29-/m1/s1. The van der Waals surface area contributed by atoms with E-state index in [1.54, 1.807) is 0 Å². The lowest BCUT2D eigenvalue weighted by Gasteiger charge is -2.24. The first kappa shape index (κ1) is 37.2. The van der Waals surface area contributed by atoms with Crippen LogP contribution in [0.1, 0.15) is 71.1 Å². The summed E-state index contributed by atoms with van der Waals surface area (Å²) in [7, 11) is 1.53. The summed E-state index contributed by atoms with van der Waals surface area (Å²) < 4.78 is 27.0. The Kier molecular flexibility index (Phi) is 22.9. The third kappa shape index (κ3) is 29.0. The van der Waals surface area contributed by atoms with Crippen molar-refractivity contribution in [1.82, 2.24) is 0 Å². The summed E-state index contributed by atoms with van der Waals surface area (Å²) >= 11 is 0. The molecule has 0 aromatic rings. The Balaban J connectivity index is 3.71. The van der Waals surface area contributed by atoms with E-state index >= 15 is 0 Å². The van der Waals surface area contributed by atoms with Crippen molar-refractivity contribution >= 4 is 13.8 Å². The van der Waals surface area contributed by atoms with Crippen LogP contribution < -0.4 is 0 Å². The summed E-state index contributed by atoms with van der Waals surface area (Å²) in [6.45, 7) is 1.96. The minimum atomic E-state index is -4.26. The third-order valence-electron chi connectivity index (χ3n) is 5.29. The fourth-order valence-electron chi connectivity index (χ4n) is 3.03. The highest BCUT2D eigenvalue weighted by Crippen LogP contribution is 2.43. The summed E-state index contributed by atoms with van der Waals surface area (Å²) in [4.78, 5) is 21.5. The molecule has 0 bridgehead atoms. The predicted octanol–water partition coefficient (Wildman–Crippen LogP) is 6.43. The van der Waals surface area contributed by atoms with Gasteiger partial charge in [0.2, 0.25) is 0 Å². The summed E-state index contributed by atoms with van der Waals surface area (Å²) in [6, 6.07) is 0. The minimum absolute atomic E-state index is 0.0451. The van der Waals surface area contributed by atoms with Crippen LogP contribution in [0.4, 0.5) is 0 Å². The number of hydrogen-bond acceptors (Lipinski definition) is 6. The molecule has 0 spiro atoms. The Hall–Kier alpha value is -1.80. The lowest BCUT2D eigenvalue weighted by molar-refractivity contribution is -0.870. The van der Waals surface area contributed by atoms with Crippen LogP contribution in [-0.4, -0.2) is 74.1 Å². The number of rotatable bonds is 24. The second-order valence-electron chi connectivity index (χ2n) is 10.3. The van der Waals surface area contributed by atoms with Gasteiger partial charge in [0, 0.05) is 6.42 Å². The number of carbonyl (C=O) groups is 1. The number of aliphatic hydroxyl groups excluding tert-OH is 1. The number of esters is 1. The van der Waals surface area contributed by atoms with Crippen molar-refractivity contribution in [3.63, 3.8) is 0 Å². The monoisotopic (exact) mass is 570 g/mol. The zero-order chi connectivity index (χ0) is 29.2. The lowest BCUT2D eigenvalue weighted by atomic mass is 10.1. The number of unbranched alkanes of at least 4 members (excludes halogenated alkanes) is 3. The number of nitrogens with zero attached hydrogens (tertiary/aromatic N) is 1. The largest absolute Gasteiger partial charge is 0.472 e. The van der Waals surface area contributed by atoms with Gasteiger partial charge in [-0.05, 0) is 51.4 Å². The number of allylic oxidation sites excluding steroid dienone is 10. The van der Waals surface area contributed by atoms with Crippen LogP contribution in [0.3, 0.4) is 0 Å². The van der Waals surface area contributed by atoms with Gasteiger partial charge < -0.3 is 19.2 Å². The maximum atomic E-state index is 11.8. The normalized spacial score (nSPS) is 15.3. The number of likely N-dealkylation sites (N-methyl/N-ethyl adjacent to an activating group) is 1. The van der Waals surface area contributed by atoms with Crippen LogP contribution in [0.25, 0.3) is 0 Å². The Morgan fingerprint density at radius 2 is 1.33 bits per heavy atom. The first-order valence-corrected chi connectivity index (χ1v) is 15.6. The van der Waals surface area contributed by atoms with Gasteiger partial charge >= 0.3 is 13.8 Å². The molecule has 0 heterocycles. The summed E-state index contributed by atoms with van der Waals surface area (Å²) in [5.74, 6) is -0.407. The number of quaternary nitrogens is 1. The molecule has 0 saturated carbocycles. The number of phosphoric ester groups is 1. The molecule has 0 aromatic heterocycles. The molecule has 0 aliphatic heterocycles. The Morgan fingerprint density at radius 3 is 1.87 bits per heavy atom. The molecule has 0 amide bonds. The number of ether oxygens (including phenoxy) is 1. The molecule has 0 aliphatic rings. The number of aliphatic hydroxyl groups is 1. The molecule has 0 rings (SSSR count). The Labute approximate surface area is 236 Å². The zero-order valence-electron chi connectivity index (χ0n) is 24.6.